The van der Waals surface area contributed by atoms with E-state index in [9.17, 15) is 0 Å². The molecule has 0 aliphatic carbocycles. The number of hydrogen-bond acceptors (Lipinski definition) is 1. The van der Waals surface area contributed by atoms with Crippen molar-refractivity contribution in [2.24, 2.45) is 0 Å². The van der Waals surface area contributed by atoms with Crippen molar-refractivity contribution >= 4 is 77.9 Å². The molecule has 3 aromatic rings. The second-order valence-electron chi connectivity index (χ2n) is 3.63. The molecule has 0 radical (unpaired) electrons. The molecule has 0 nitrogen and oxygen atoms in total. The first-order chi connectivity index (χ1) is 8.06. The van der Waals surface area contributed by atoms with E-state index in [1.807, 2.05) is 12.1 Å². The molecule has 5 heteroatoms. The highest BCUT2D eigenvalue weighted by atomic mass is 35.5. The van der Waals surface area contributed by atoms with Crippen LogP contribution in [-0.4, -0.2) is 0 Å². The fraction of sp³-hybridized carbons (Fsp3) is 0. The fourth-order valence-corrected chi connectivity index (χ4v) is 4.12. The molecule has 0 spiro atoms. The molecule has 0 amide bonds. The Kier molecular flexibility index (Phi) is 2.92. The molecule has 3 rings (SSSR count). The first kappa shape index (κ1) is 11.9. The van der Waals surface area contributed by atoms with E-state index in [4.69, 9.17) is 46.4 Å². The van der Waals surface area contributed by atoms with Crippen LogP contribution in [0.5, 0.6) is 0 Å². The van der Waals surface area contributed by atoms with E-state index in [0.29, 0.717) is 20.1 Å². The van der Waals surface area contributed by atoms with E-state index in [2.05, 4.69) is 0 Å². The van der Waals surface area contributed by atoms with Gasteiger partial charge in [0.2, 0.25) is 0 Å². The summed E-state index contributed by atoms with van der Waals surface area (Å²) in [6.45, 7) is 0. The monoisotopic (exact) mass is 320 g/mol. The minimum absolute atomic E-state index is 0.610. The van der Waals surface area contributed by atoms with Crippen molar-refractivity contribution in [3.8, 4) is 0 Å². The lowest BCUT2D eigenvalue weighted by Gasteiger charge is -1.97. The summed E-state index contributed by atoms with van der Waals surface area (Å²) in [5.41, 5.74) is 0. The summed E-state index contributed by atoms with van der Waals surface area (Å²) in [4.78, 5) is 0. The third-order valence-corrected chi connectivity index (χ3v) is 5.06. The Morgan fingerprint density at radius 3 is 1.47 bits per heavy atom. The average molecular weight is 322 g/mol. The molecule has 1 heterocycles. The summed E-state index contributed by atoms with van der Waals surface area (Å²) in [7, 11) is 0. The van der Waals surface area contributed by atoms with Crippen LogP contribution in [-0.2, 0) is 0 Å². The van der Waals surface area contributed by atoms with Crippen LogP contribution in [0.15, 0.2) is 24.3 Å². The number of benzene rings is 2. The first-order valence-corrected chi connectivity index (χ1v) is 7.05. The molecule has 0 aliphatic heterocycles. The fourth-order valence-electron chi connectivity index (χ4n) is 1.83. The summed E-state index contributed by atoms with van der Waals surface area (Å²) in [5.74, 6) is 0. The van der Waals surface area contributed by atoms with Gasteiger partial charge in [-0.05, 0) is 24.3 Å². The van der Waals surface area contributed by atoms with Crippen LogP contribution in [0.1, 0.15) is 0 Å². The highest BCUT2D eigenvalue weighted by Gasteiger charge is 2.12. The lowest BCUT2D eigenvalue weighted by molar-refractivity contribution is 1.83. The van der Waals surface area contributed by atoms with Gasteiger partial charge in [0.1, 0.15) is 0 Å². The SMILES string of the molecule is Clc1cc(Cl)c2sc3c(Cl)cc(Cl)cc3c2c1. The van der Waals surface area contributed by atoms with Crippen LogP contribution >= 0.6 is 57.7 Å². The molecule has 0 bridgehead atoms. The number of thiophene rings is 1. The molecular formula is C12H4Cl4S. The number of fused-ring (bicyclic) bond motifs is 3. The van der Waals surface area contributed by atoms with E-state index in [0.717, 1.165) is 20.2 Å². The van der Waals surface area contributed by atoms with Gasteiger partial charge in [-0.25, -0.2) is 0 Å². The van der Waals surface area contributed by atoms with Crippen molar-refractivity contribution in [1.82, 2.24) is 0 Å². The second-order valence-corrected chi connectivity index (χ2v) is 6.34. The zero-order chi connectivity index (χ0) is 12.2. The van der Waals surface area contributed by atoms with E-state index >= 15 is 0 Å². The Labute approximate surface area is 122 Å². The molecule has 0 aliphatic rings. The summed E-state index contributed by atoms with van der Waals surface area (Å²) in [6, 6.07) is 7.23. The third kappa shape index (κ3) is 1.91. The van der Waals surface area contributed by atoms with E-state index in [1.165, 1.54) is 0 Å². The average Bonchev–Trinajstić information content (AvgIpc) is 2.58. The summed E-state index contributed by atoms with van der Waals surface area (Å²) >= 11 is 25.9. The van der Waals surface area contributed by atoms with Gasteiger partial charge in [-0.15, -0.1) is 11.3 Å². The van der Waals surface area contributed by atoms with Gasteiger partial charge in [0, 0.05) is 20.8 Å². The lowest BCUT2D eigenvalue weighted by atomic mass is 10.1. The quantitative estimate of drug-likeness (QED) is 0.434. The van der Waals surface area contributed by atoms with Crippen LogP contribution in [0, 0.1) is 0 Å². The van der Waals surface area contributed by atoms with Gasteiger partial charge in [0.05, 0.1) is 19.4 Å². The Hall–Kier alpha value is -0.180. The maximum Gasteiger partial charge on any atom is 0.0599 e. The predicted molar refractivity (Wildman–Crippen MR) is 79.4 cm³/mol. The molecule has 0 saturated carbocycles. The Bertz CT molecular complexity index is 683. The van der Waals surface area contributed by atoms with Crippen molar-refractivity contribution in [2.45, 2.75) is 0 Å². The van der Waals surface area contributed by atoms with Crippen LogP contribution in [0.4, 0.5) is 0 Å². The van der Waals surface area contributed by atoms with Gasteiger partial charge < -0.3 is 0 Å². The minimum Gasteiger partial charge on any atom is -0.132 e. The highest BCUT2D eigenvalue weighted by molar-refractivity contribution is 7.27. The maximum atomic E-state index is 6.18. The minimum atomic E-state index is 0.610. The molecule has 0 fully saturated rings. The summed E-state index contributed by atoms with van der Waals surface area (Å²) in [6.07, 6.45) is 0. The molecule has 17 heavy (non-hydrogen) atoms. The van der Waals surface area contributed by atoms with E-state index in [-0.39, 0.29) is 0 Å². The van der Waals surface area contributed by atoms with Crippen molar-refractivity contribution in [3.63, 3.8) is 0 Å². The van der Waals surface area contributed by atoms with Crippen LogP contribution in [0.3, 0.4) is 0 Å². The number of halogens is 4. The zero-order valence-corrected chi connectivity index (χ0v) is 12.1. The zero-order valence-electron chi connectivity index (χ0n) is 8.23. The Balaban J connectivity index is 2.60. The van der Waals surface area contributed by atoms with E-state index in [1.54, 1.807) is 23.5 Å². The summed E-state index contributed by atoms with van der Waals surface area (Å²) < 4.78 is 1.96. The molecule has 86 valence electrons. The van der Waals surface area contributed by atoms with Gasteiger partial charge >= 0.3 is 0 Å². The predicted octanol–water partition coefficient (Wildman–Crippen LogP) is 6.67. The van der Waals surface area contributed by atoms with Crippen LogP contribution in [0.25, 0.3) is 20.2 Å². The molecule has 0 atom stereocenters. The standard InChI is InChI=1S/C12H4Cl4S/c13-5-1-7-8-2-6(14)4-10(16)12(8)17-11(7)9(15)3-5/h1-4H. The summed E-state index contributed by atoms with van der Waals surface area (Å²) in [5, 5.41) is 4.48. The largest absolute Gasteiger partial charge is 0.132 e. The normalized spacial score (nSPS) is 11.5. The van der Waals surface area contributed by atoms with Crippen molar-refractivity contribution in [1.29, 1.82) is 0 Å². The topological polar surface area (TPSA) is 0 Å². The molecule has 0 saturated heterocycles. The molecule has 0 unspecified atom stereocenters. The number of hydrogen-bond donors (Lipinski definition) is 0. The van der Waals surface area contributed by atoms with E-state index < -0.39 is 0 Å². The van der Waals surface area contributed by atoms with Crippen molar-refractivity contribution < 1.29 is 0 Å². The van der Waals surface area contributed by atoms with Gasteiger partial charge in [-0.1, -0.05) is 46.4 Å². The first-order valence-electron chi connectivity index (χ1n) is 4.72. The van der Waals surface area contributed by atoms with Crippen molar-refractivity contribution in [3.05, 3.63) is 44.4 Å². The number of rotatable bonds is 0. The maximum absolute atomic E-state index is 6.18. The van der Waals surface area contributed by atoms with Gasteiger partial charge in [0.15, 0.2) is 0 Å². The Morgan fingerprint density at radius 1 is 0.647 bits per heavy atom. The van der Waals surface area contributed by atoms with Crippen LogP contribution < -0.4 is 0 Å². The van der Waals surface area contributed by atoms with Gasteiger partial charge in [-0.3, -0.25) is 0 Å². The second kappa shape index (κ2) is 4.18. The van der Waals surface area contributed by atoms with Crippen LogP contribution in [0.2, 0.25) is 20.1 Å². The van der Waals surface area contributed by atoms with Crippen molar-refractivity contribution in [2.75, 3.05) is 0 Å². The third-order valence-electron chi connectivity index (χ3n) is 2.51. The molecule has 0 N–H and O–H groups in total. The smallest absolute Gasteiger partial charge is 0.0599 e. The lowest BCUT2D eigenvalue weighted by Crippen LogP contribution is -1.71. The Morgan fingerprint density at radius 2 is 1.06 bits per heavy atom. The molecule has 1 aromatic heterocycles. The molecule has 2 aromatic carbocycles. The van der Waals surface area contributed by atoms with Gasteiger partial charge in [-0.2, -0.15) is 0 Å². The van der Waals surface area contributed by atoms with Gasteiger partial charge in [0.25, 0.3) is 0 Å². The molecular weight excluding hydrogens is 318 g/mol. The highest BCUT2D eigenvalue weighted by Crippen LogP contribution is 2.43.